The van der Waals surface area contributed by atoms with E-state index in [-0.39, 0.29) is 79.7 Å². The molecular weight excluding hydrogens is 299 g/mol. The Hall–Kier alpha value is 1.43. The second kappa shape index (κ2) is 17.5. The van der Waals surface area contributed by atoms with Crippen molar-refractivity contribution in [3.63, 3.8) is 0 Å². The first-order valence-corrected chi connectivity index (χ1v) is 1.49. The summed E-state index contributed by atoms with van der Waals surface area (Å²) in [6.45, 7) is 0. The van der Waals surface area contributed by atoms with Gasteiger partial charge < -0.3 is 9.76 Å². The molecule has 0 saturated heterocycles. The molecule has 0 spiro atoms. The Bertz CT molecular complexity index is 112. The van der Waals surface area contributed by atoms with Crippen molar-refractivity contribution in [3.05, 3.63) is 0 Å². The predicted molar refractivity (Wildman–Crippen MR) is 39.4 cm³/mol. The fourth-order valence-corrected chi connectivity index (χ4v) is 0.0873. The van der Waals surface area contributed by atoms with Crippen molar-refractivity contribution < 1.29 is 71.8 Å². The summed E-state index contributed by atoms with van der Waals surface area (Å²) in [4.78, 5) is 19.1. The first-order valence-electron chi connectivity index (χ1n) is 1.49. The number of carbonyl (C=O) groups excluding carboxylic acids is 1. The number of hydrogen-bond donors (Lipinski definition) is 1. The van der Waals surface area contributed by atoms with Crippen LogP contribution in [0.25, 0.3) is 0 Å². The van der Waals surface area contributed by atoms with Crippen LogP contribution in [0.15, 0.2) is 0 Å². The largest absolute Gasteiger partial charge is 0 e. The second-order valence-corrected chi connectivity index (χ2v) is 0.797. The molecule has 0 atom stereocenters. The molecule has 0 radical (unpaired) electrons. The van der Waals surface area contributed by atoms with Crippen LogP contribution in [0.3, 0.4) is 0 Å². The smallest absolute Gasteiger partial charge is 0 e. The molecule has 0 bridgehead atoms. The molecule has 0 aliphatic heterocycles. The van der Waals surface area contributed by atoms with Crippen molar-refractivity contribution in [3.8, 4) is 0 Å². The van der Waals surface area contributed by atoms with E-state index >= 15 is 0 Å². The van der Waals surface area contributed by atoms with Crippen molar-refractivity contribution in [1.82, 2.24) is 0 Å². The van der Waals surface area contributed by atoms with Crippen molar-refractivity contribution in [2.24, 2.45) is 0 Å². The van der Waals surface area contributed by atoms with E-state index in [2.05, 4.69) is 4.65 Å². The molecule has 0 unspecified atom stereocenters. The summed E-state index contributed by atoms with van der Waals surface area (Å²) in [7, 11) is 1.01. The number of hydrogen-bond acceptors (Lipinski definition) is 3. The van der Waals surface area contributed by atoms with E-state index in [1.165, 1.54) is 0 Å². The van der Waals surface area contributed by atoms with Crippen LogP contribution < -0.4 is 0 Å². The summed E-state index contributed by atoms with van der Waals surface area (Å²) < 4.78 is 3.77. The molecule has 54 valence electrons. The first-order chi connectivity index (χ1) is 3.18. The minimum atomic E-state index is -1.57. The molecule has 0 aromatic rings. The van der Waals surface area contributed by atoms with E-state index in [0.29, 0.717) is 0 Å². The quantitative estimate of drug-likeness (QED) is 0.370. The van der Waals surface area contributed by atoms with E-state index in [4.69, 9.17) is 5.11 Å². The molecule has 9 heteroatoms. The van der Waals surface area contributed by atoms with Gasteiger partial charge in [-0.3, -0.25) is 0 Å². The maximum atomic E-state index is 9.69. The summed E-state index contributed by atoms with van der Waals surface area (Å²) >= 11 is 0. The Labute approximate surface area is 118 Å². The van der Waals surface area contributed by atoms with Gasteiger partial charge in [0.1, 0.15) is 0 Å². The topological polar surface area (TPSA) is 63.6 Å². The number of carboxylic acids is 1. The maximum absolute atomic E-state index is 9.69. The van der Waals surface area contributed by atoms with Gasteiger partial charge in [0.2, 0.25) is 0 Å². The minimum absolute atomic E-state index is 0. The molecule has 4 nitrogen and oxygen atoms in total. The fraction of sp³-hybridized carbons (Fsp3) is 0. The summed E-state index contributed by atoms with van der Waals surface area (Å²) in [6.07, 6.45) is 0. The van der Waals surface area contributed by atoms with Gasteiger partial charge >= 0.3 is 38.8 Å². The third kappa shape index (κ3) is 18.4. The molecule has 0 rings (SSSR count). The van der Waals surface area contributed by atoms with E-state index in [1.807, 2.05) is 0 Å². The van der Waals surface area contributed by atoms with Crippen molar-refractivity contribution in [1.29, 1.82) is 0 Å². The van der Waals surface area contributed by atoms with Gasteiger partial charge in [0.25, 0.3) is 0 Å². The van der Waals surface area contributed by atoms with Crippen LogP contribution in [-0.2, 0) is 66.7 Å². The Morgan fingerprint density at radius 1 is 1.27 bits per heavy atom. The van der Waals surface area contributed by atoms with Crippen molar-refractivity contribution in [2.75, 3.05) is 0 Å². The van der Waals surface area contributed by atoms with Crippen LogP contribution in [0.1, 0.15) is 0 Å². The molecular formula is C2H7B2LiO4Zr2. The molecule has 11 heavy (non-hydrogen) atoms. The number of carboxylic acid groups (broad SMARTS) is 1. The van der Waals surface area contributed by atoms with E-state index in [9.17, 15) is 9.59 Å². The third-order valence-corrected chi connectivity index (χ3v) is 0.360. The van der Waals surface area contributed by atoms with Crippen LogP contribution >= 0.6 is 0 Å². The SMILES string of the molecule is B.BOC(=O)C(=O)O.[LiH].[Zr].[Zr]. The number of aliphatic carboxylic acids is 1. The normalized spacial score (nSPS) is 4.73. The van der Waals surface area contributed by atoms with Crippen LogP contribution in [0.5, 0.6) is 0 Å². The Balaban J connectivity index is -0.0000000300. The molecule has 0 amide bonds. The number of rotatable bonds is 0. The third-order valence-electron chi connectivity index (χ3n) is 0.360. The minimum Gasteiger partial charge on any atom is 0 e. The standard InChI is InChI=1S/C2H3BO4.BH3.Li.2Zr.H/c3-7-2(6)1(4)5;;;;;/h3H2,(H,4,5);1H3;;;;. The van der Waals surface area contributed by atoms with Gasteiger partial charge in [0, 0.05) is 52.4 Å². The second-order valence-electron chi connectivity index (χ2n) is 0.797. The summed E-state index contributed by atoms with van der Waals surface area (Å²) in [5.74, 6) is -2.80. The molecule has 0 aliphatic rings. The van der Waals surface area contributed by atoms with Crippen LogP contribution in [0.4, 0.5) is 0 Å². The molecule has 1 N–H and O–H groups in total. The van der Waals surface area contributed by atoms with Gasteiger partial charge in [-0.2, -0.15) is 0 Å². The molecule has 0 aromatic heterocycles. The predicted octanol–water partition coefficient (Wildman–Crippen LogP) is -3.68. The van der Waals surface area contributed by atoms with E-state index < -0.39 is 11.9 Å². The first kappa shape index (κ1) is 29.4. The molecule has 0 aromatic carbocycles. The van der Waals surface area contributed by atoms with Crippen LogP contribution in [0, 0.1) is 0 Å². The van der Waals surface area contributed by atoms with Crippen LogP contribution in [0.2, 0.25) is 0 Å². The average molecular weight is 306 g/mol. The summed E-state index contributed by atoms with van der Waals surface area (Å²) in [6, 6.07) is 0. The Morgan fingerprint density at radius 3 is 1.55 bits per heavy atom. The van der Waals surface area contributed by atoms with Crippen LogP contribution in [-0.4, -0.2) is 52.4 Å². The van der Waals surface area contributed by atoms with Crippen molar-refractivity contribution >= 4 is 47.3 Å². The van der Waals surface area contributed by atoms with Gasteiger partial charge in [-0.1, -0.05) is 0 Å². The molecule has 0 heterocycles. The Morgan fingerprint density at radius 2 is 1.55 bits per heavy atom. The zero-order valence-electron chi connectivity index (χ0n) is 4.67. The van der Waals surface area contributed by atoms with E-state index in [1.54, 1.807) is 0 Å². The van der Waals surface area contributed by atoms with Gasteiger partial charge in [-0.15, -0.1) is 0 Å². The zero-order chi connectivity index (χ0) is 5.86. The van der Waals surface area contributed by atoms with Gasteiger partial charge in [-0.25, -0.2) is 9.59 Å². The maximum Gasteiger partial charge on any atom is 0 e. The zero-order valence-corrected chi connectivity index (χ0v) is 9.59. The van der Waals surface area contributed by atoms with Gasteiger partial charge in [0.05, 0.1) is 8.41 Å². The number of carbonyl (C=O) groups is 2. The van der Waals surface area contributed by atoms with Gasteiger partial charge in [-0.05, 0) is 0 Å². The Kier molecular flexibility index (Phi) is 46.8. The van der Waals surface area contributed by atoms with Gasteiger partial charge in [0.15, 0.2) is 0 Å². The van der Waals surface area contributed by atoms with Crippen molar-refractivity contribution in [2.45, 2.75) is 0 Å². The monoisotopic (exact) mass is 304 g/mol. The fourth-order valence-electron chi connectivity index (χ4n) is 0.0873. The molecule has 0 saturated carbocycles. The average Bonchev–Trinajstić information content (AvgIpc) is 1.65. The van der Waals surface area contributed by atoms with E-state index in [0.717, 1.165) is 8.05 Å². The summed E-state index contributed by atoms with van der Waals surface area (Å²) in [5.41, 5.74) is 0. The summed E-state index contributed by atoms with van der Waals surface area (Å²) in [5, 5.41) is 7.71. The molecule has 0 fully saturated rings. The molecule has 0 aliphatic carbocycles.